The van der Waals surface area contributed by atoms with E-state index in [9.17, 15) is 20.4 Å². The van der Waals surface area contributed by atoms with Crippen molar-refractivity contribution in [3.8, 4) is 5.75 Å². The topological polar surface area (TPSA) is 109 Å². The van der Waals surface area contributed by atoms with Gasteiger partial charge in [0.25, 0.3) is 0 Å². The quantitative estimate of drug-likeness (QED) is 0.529. The first-order chi connectivity index (χ1) is 15.0. The van der Waals surface area contributed by atoms with Crippen LogP contribution < -0.4 is 4.74 Å². The fourth-order valence-corrected chi connectivity index (χ4v) is 4.17. The van der Waals surface area contributed by atoms with Crippen LogP contribution >= 0.6 is 11.6 Å². The molecule has 31 heavy (non-hydrogen) atoms. The largest absolute Gasteiger partial charge is 0.488 e. The minimum atomic E-state index is -1.42. The lowest BCUT2D eigenvalue weighted by molar-refractivity contribution is -0.231. The van der Waals surface area contributed by atoms with Gasteiger partial charge in [-0.3, -0.25) is 0 Å². The van der Waals surface area contributed by atoms with Crippen LogP contribution in [0.15, 0.2) is 42.5 Å². The number of ether oxygens (including phenoxy) is 3. The molecule has 2 aromatic carbocycles. The average Bonchev–Trinajstić information content (AvgIpc) is 3.28. The van der Waals surface area contributed by atoms with Gasteiger partial charge in [0.05, 0.1) is 19.8 Å². The van der Waals surface area contributed by atoms with E-state index >= 15 is 0 Å². The molecule has 168 valence electrons. The molecule has 4 N–H and O–H groups in total. The molecule has 7 nitrogen and oxygen atoms in total. The van der Waals surface area contributed by atoms with Crippen molar-refractivity contribution < 1.29 is 34.6 Å². The fourth-order valence-electron chi connectivity index (χ4n) is 3.99. The highest BCUT2D eigenvalue weighted by Crippen LogP contribution is 2.34. The molecule has 0 aromatic heterocycles. The number of aliphatic hydroxyl groups excluding tert-OH is 4. The van der Waals surface area contributed by atoms with Crippen LogP contribution in [-0.2, 0) is 15.9 Å². The summed E-state index contributed by atoms with van der Waals surface area (Å²) in [6, 6.07) is 13.0. The van der Waals surface area contributed by atoms with Crippen molar-refractivity contribution in [1.82, 2.24) is 0 Å². The smallest absolute Gasteiger partial charge is 0.124 e. The van der Waals surface area contributed by atoms with Crippen molar-refractivity contribution >= 4 is 11.6 Å². The predicted molar refractivity (Wildman–Crippen MR) is 113 cm³/mol. The summed E-state index contributed by atoms with van der Waals surface area (Å²) in [5.41, 5.74) is 2.47. The Morgan fingerprint density at radius 1 is 1.00 bits per heavy atom. The van der Waals surface area contributed by atoms with Gasteiger partial charge < -0.3 is 34.6 Å². The zero-order valence-electron chi connectivity index (χ0n) is 16.9. The van der Waals surface area contributed by atoms with Gasteiger partial charge in [-0.1, -0.05) is 35.9 Å². The standard InChI is InChI=1S/C23H27ClO7/c24-18-6-3-14(23-22(28)21(27)20(26)19(11-25)31-23)10-15(18)9-13-1-4-16(5-2-13)30-17-7-8-29-12-17/h1-6,10,17,19-23,25-28H,7-9,11-12H2/t17-,19+,20-,21+,22-,23-/m1/s1. The van der Waals surface area contributed by atoms with E-state index in [1.807, 2.05) is 30.3 Å². The van der Waals surface area contributed by atoms with E-state index in [1.165, 1.54) is 0 Å². The molecule has 0 bridgehead atoms. The molecule has 4 rings (SSSR count). The van der Waals surface area contributed by atoms with Crippen LogP contribution in [0.5, 0.6) is 5.75 Å². The van der Waals surface area contributed by atoms with E-state index in [2.05, 4.69) is 0 Å². The zero-order valence-corrected chi connectivity index (χ0v) is 17.7. The molecular formula is C23H27ClO7. The number of hydrogen-bond acceptors (Lipinski definition) is 7. The average molecular weight is 451 g/mol. The fraction of sp³-hybridized carbons (Fsp3) is 0.478. The molecule has 0 saturated carbocycles. The van der Waals surface area contributed by atoms with Gasteiger partial charge >= 0.3 is 0 Å². The lowest BCUT2D eigenvalue weighted by Gasteiger charge is -2.40. The Morgan fingerprint density at radius 2 is 1.77 bits per heavy atom. The minimum absolute atomic E-state index is 0.0931. The highest BCUT2D eigenvalue weighted by Gasteiger charge is 2.44. The number of hydrogen-bond donors (Lipinski definition) is 4. The van der Waals surface area contributed by atoms with Crippen molar-refractivity contribution in [2.75, 3.05) is 19.8 Å². The maximum atomic E-state index is 10.4. The molecule has 2 saturated heterocycles. The van der Waals surface area contributed by atoms with E-state index in [1.54, 1.807) is 12.1 Å². The number of rotatable bonds is 6. The van der Waals surface area contributed by atoms with E-state index in [4.69, 9.17) is 25.8 Å². The molecule has 0 radical (unpaired) electrons. The van der Waals surface area contributed by atoms with Gasteiger partial charge in [-0.05, 0) is 41.3 Å². The summed E-state index contributed by atoms with van der Waals surface area (Å²) in [4.78, 5) is 0. The summed E-state index contributed by atoms with van der Waals surface area (Å²) >= 11 is 6.40. The van der Waals surface area contributed by atoms with E-state index in [0.717, 1.165) is 29.9 Å². The molecule has 2 aliphatic heterocycles. The van der Waals surface area contributed by atoms with Gasteiger partial charge in [-0.25, -0.2) is 0 Å². The Bertz CT molecular complexity index is 867. The summed E-state index contributed by atoms with van der Waals surface area (Å²) in [7, 11) is 0. The SMILES string of the molecule is OC[C@@H]1O[C@H](c2ccc(Cl)c(Cc3ccc(O[C@@H]4CCOC4)cc3)c2)[C@H](O)[C@@H](O)[C@@H]1O. The molecule has 2 heterocycles. The lowest BCUT2D eigenvalue weighted by atomic mass is 9.90. The van der Waals surface area contributed by atoms with Gasteiger partial charge in [0.2, 0.25) is 0 Å². The first-order valence-corrected chi connectivity index (χ1v) is 10.8. The third-order valence-electron chi connectivity index (χ3n) is 5.80. The van der Waals surface area contributed by atoms with E-state index in [-0.39, 0.29) is 6.10 Å². The zero-order chi connectivity index (χ0) is 22.0. The van der Waals surface area contributed by atoms with Crippen molar-refractivity contribution in [3.63, 3.8) is 0 Å². The normalized spacial score (nSPS) is 31.0. The molecule has 0 aliphatic carbocycles. The molecule has 0 unspecified atom stereocenters. The molecule has 2 fully saturated rings. The maximum absolute atomic E-state index is 10.4. The predicted octanol–water partition coefficient (Wildman–Crippen LogP) is 1.61. The van der Waals surface area contributed by atoms with E-state index < -0.39 is 37.1 Å². The molecule has 8 heteroatoms. The number of benzene rings is 2. The minimum Gasteiger partial charge on any atom is -0.488 e. The molecular weight excluding hydrogens is 424 g/mol. The lowest BCUT2D eigenvalue weighted by Crippen LogP contribution is -2.55. The monoisotopic (exact) mass is 450 g/mol. The molecule has 2 aromatic rings. The molecule has 0 spiro atoms. The molecule has 6 atom stereocenters. The number of halogens is 1. The van der Waals surface area contributed by atoms with Crippen molar-refractivity contribution in [1.29, 1.82) is 0 Å². The first kappa shape index (κ1) is 22.5. The maximum Gasteiger partial charge on any atom is 0.124 e. The van der Waals surface area contributed by atoms with Crippen molar-refractivity contribution in [3.05, 3.63) is 64.2 Å². The van der Waals surface area contributed by atoms with Crippen LogP contribution in [0.2, 0.25) is 5.02 Å². The second-order valence-electron chi connectivity index (χ2n) is 8.02. The van der Waals surface area contributed by atoms with Crippen LogP contribution in [-0.4, -0.2) is 70.8 Å². The van der Waals surface area contributed by atoms with Gasteiger partial charge in [0, 0.05) is 11.4 Å². The van der Waals surface area contributed by atoms with Crippen LogP contribution in [0.3, 0.4) is 0 Å². The van der Waals surface area contributed by atoms with Gasteiger partial charge in [-0.15, -0.1) is 0 Å². The summed E-state index contributed by atoms with van der Waals surface area (Å²) in [5, 5.41) is 40.5. The van der Waals surface area contributed by atoms with Crippen molar-refractivity contribution in [2.24, 2.45) is 0 Å². The second kappa shape index (κ2) is 9.83. The van der Waals surface area contributed by atoms with Gasteiger partial charge in [-0.2, -0.15) is 0 Å². The summed E-state index contributed by atoms with van der Waals surface area (Å²) in [6.07, 6.45) is -4.46. The van der Waals surface area contributed by atoms with E-state index in [0.29, 0.717) is 23.6 Å². The first-order valence-electron chi connectivity index (χ1n) is 10.4. The third kappa shape index (κ3) is 5.04. The molecule has 0 amide bonds. The van der Waals surface area contributed by atoms with Crippen molar-refractivity contribution in [2.45, 2.75) is 49.5 Å². The summed E-state index contributed by atoms with van der Waals surface area (Å²) in [6.45, 7) is 0.872. The summed E-state index contributed by atoms with van der Waals surface area (Å²) in [5.74, 6) is 0.792. The van der Waals surface area contributed by atoms with Crippen LogP contribution in [0, 0.1) is 0 Å². The Kier molecular flexibility index (Phi) is 7.13. The molecule has 2 aliphatic rings. The number of aliphatic hydroxyl groups is 4. The highest BCUT2D eigenvalue weighted by molar-refractivity contribution is 6.31. The Morgan fingerprint density at radius 3 is 2.45 bits per heavy atom. The summed E-state index contributed by atoms with van der Waals surface area (Å²) < 4.78 is 16.9. The Balaban J connectivity index is 1.49. The van der Waals surface area contributed by atoms with Crippen LogP contribution in [0.25, 0.3) is 0 Å². The second-order valence-corrected chi connectivity index (χ2v) is 8.43. The Labute approximate surface area is 185 Å². The van der Waals surface area contributed by atoms with Crippen LogP contribution in [0.1, 0.15) is 29.2 Å². The Hall–Kier alpha value is -1.71. The van der Waals surface area contributed by atoms with Crippen LogP contribution in [0.4, 0.5) is 0 Å². The highest BCUT2D eigenvalue weighted by atomic mass is 35.5. The van der Waals surface area contributed by atoms with Gasteiger partial charge in [0.1, 0.15) is 42.4 Å². The third-order valence-corrected chi connectivity index (χ3v) is 6.17. The van der Waals surface area contributed by atoms with Gasteiger partial charge in [0.15, 0.2) is 0 Å².